The Hall–Kier alpha value is -2.35. The predicted octanol–water partition coefficient (Wildman–Crippen LogP) is 1.68. The molecule has 23 heavy (non-hydrogen) atoms. The van der Waals surface area contributed by atoms with Crippen molar-refractivity contribution in [3.05, 3.63) is 30.4 Å². The first-order valence-electron chi connectivity index (χ1n) is 7.80. The van der Waals surface area contributed by atoms with E-state index < -0.39 is 0 Å². The normalized spacial score (nSPS) is 18.8. The minimum absolute atomic E-state index is 0.120. The number of amides is 2. The quantitative estimate of drug-likeness (QED) is 0.878. The third kappa shape index (κ3) is 4.10. The Labute approximate surface area is 134 Å². The Morgan fingerprint density at radius 3 is 3.00 bits per heavy atom. The van der Waals surface area contributed by atoms with E-state index in [2.05, 4.69) is 20.8 Å². The number of carbonyl (C=O) groups is 1. The van der Waals surface area contributed by atoms with Crippen molar-refractivity contribution in [2.75, 3.05) is 11.9 Å². The van der Waals surface area contributed by atoms with Gasteiger partial charge in [0, 0.05) is 31.6 Å². The fourth-order valence-electron chi connectivity index (χ4n) is 2.64. The van der Waals surface area contributed by atoms with Crippen molar-refractivity contribution in [1.82, 2.24) is 24.9 Å². The van der Waals surface area contributed by atoms with E-state index in [0.717, 1.165) is 31.6 Å². The third-order valence-corrected chi connectivity index (χ3v) is 3.88. The van der Waals surface area contributed by atoms with E-state index in [9.17, 15) is 4.79 Å². The summed E-state index contributed by atoms with van der Waals surface area (Å²) in [6.07, 6.45) is 9.47. The summed E-state index contributed by atoms with van der Waals surface area (Å²) >= 11 is 0. The van der Waals surface area contributed by atoms with Crippen molar-refractivity contribution in [2.24, 2.45) is 7.05 Å². The van der Waals surface area contributed by atoms with E-state index in [1.54, 1.807) is 21.8 Å². The maximum atomic E-state index is 12.0. The van der Waals surface area contributed by atoms with Gasteiger partial charge in [0.2, 0.25) is 0 Å². The van der Waals surface area contributed by atoms with Crippen LogP contribution >= 0.6 is 0 Å². The number of hydrogen-bond acceptors (Lipinski definition) is 4. The third-order valence-electron chi connectivity index (χ3n) is 3.88. The van der Waals surface area contributed by atoms with E-state index in [4.69, 9.17) is 4.74 Å². The summed E-state index contributed by atoms with van der Waals surface area (Å²) in [6.45, 7) is 3.46. The van der Waals surface area contributed by atoms with Crippen molar-refractivity contribution in [1.29, 1.82) is 0 Å². The first-order valence-corrected chi connectivity index (χ1v) is 7.80. The lowest BCUT2D eigenvalue weighted by Crippen LogP contribution is -2.30. The average molecular weight is 318 g/mol. The van der Waals surface area contributed by atoms with Crippen molar-refractivity contribution in [3.63, 3.8) is 0 Å². The Kier molecular flexibility index (Phi) is 4.61. The predicted molar refractivity (Wildman–Crippen MR) is 85.0 cm³/mol. The van der Waals surface area contributed by atoms with Crippen molar-refractivity contribution < 1.29 is 9.53 Å². The molecule has 0 bridgehead atoms. The van der Waals surface area contributed by atoms with Crippen LogP contribution in [0.25, 0.3) is 0 Å². The zero-order valence-corrected chi connectivity index (χ0v) is 13.4. The van der Waals surface area contributed by atoms with Crippen LogP contribution in [0.1, 0.15) is 31.4 Å². The number of nitrogens with one attached hydrogen (secondary N) is 2. The van der Waals surface area contributed by atoms with Gasteiger partial charge in [-0.05, 0) is 19.8 Å². The molecule has 0 aromatic carbocycles. The van der Waals surface area contributed by atoms with Crippen molar-refractivity contribution in [2.45, 2.75) is 38.5 Å². The number of anilines is 1. The smallest absolute Gasteiger partial charge is 0.319 e. The molecule has 2 amide bonds. The molecule has 0 unspecified atom stereocenters. The molecular formula is C15H22N6O2. The highest BCUT2D eigenvalue weighted by molar-refractivity contribution is 5.89. The van der Waals surface area contributed by atoms with Crippen LogP contribution in [0.3, 0.4) is 0 Å². The Morgan fingerprint density at radius 1 is 1.43 bits per heavy atom. The van der Waals surface area contributed by atoms with Gasteiger partial charge >= 0.3 is 6.03 Å². The molecule has 0 spiro atoms. The highest BCUT2D eigenvalue weighted by Crippen LogP contribution is 2.15. The number of rotatable bonds is 5. The lowest BCUT2D eigenvalue weighted by Gasteiger charge is -2.12. The summed E-state index contributed by atoms with van der Waals surface area (Å²) in [5, 5.41) is 14.0. The van der Waals surface area contributed by atoms with Crippen LogP contribution in [0.2, 0.25) is 0 Å². The molecular weight excluding hydrogens is 296 g/mol. The largest absolute Gasteiger partial charge is 0.376 e. The summed E-state index contributed by atoms with van der Waals surface area (Å²) in [7, 11) is 1.85. The van der Waals surface area contributed by atoms with E-state index in [1.807, 2.05) is 26.4 Å². The summed E-state index contributed by atoms with van der Waals surface area (Å²) in [6, 6.07) is -0.386. The number of hydrogen-bond donors (Lipinski definition) is 2. The van der Waals surface area contributed by atoms with Crippen LogP contribution in [-0.2, 0) is 18.3 Å². The standard InChI is InChI=1S/C15H22N6O2/c1-11(12-6-16-20(2)8-12)18-15(22)19-13-7-17-21(9-13)10-14-4-3-5-23-14/h6-9,11,14H,3-5,10H2,1-2H3,(H2,18,19,22)/t11-,14+/m0/s1. The van der Waals surface area contributed by atoms with Crippen LogP contribution < -0.4 is 10.6 Å². The molecule has 1 aliphatic heterocycles. The molecule has 1 fully saturated rings. The monoisotopic (exact) mass is 318 g/mol. The molecule has 8 heteroatoms. The highest BCUT2D eigenvalue weighted by Gasteiger charge is 2.17. The number of aryl methyl sites for hydroxylation is 1. The lowest BCUT2D eigenvalue weighted by molar-refractivity contribution is 0.0940. The Morgan fingerprint density at radius 2 is 2.30 bits per heavy atom. The molecule has 0 aliphatic carbocycles. The van der Waals surface area contributed by atoms with Gasteiger partial charge in [0.15, 0.2) is 0 Å². The average Bonchev–Trinajstić information content (AvgIpc) is 3.22. The maximum absolute atomic E-state index is 12.0. The van der Waals surface area contributed by atoms with Crippen LogP contribution in [0.5, 0.6) is 0 Å². The van der Waals surface area contributed by atoms with Crippen LogP contribution in [0.4, 0.5) is 10.5 Å². The summed E-state index contributed by atoms with van der Waals surface area (Å²) in [4.78, 5) is 12.0. The van der Waals surface area contributed by atoms with Gasteiger partial charge < -0.3 is 15.4 Å². The second-order valence-corrected chi connectivity index (χ2v) is 5.85. The lowest BCUT2D eigenvalue weighted by atomic mass is 10.2. The van der Waals surface area contributed by atoms with Crippen LogP contribution in [-0.4, -0.2) is 38.3 Å². The fourth-order valence-corrected chi connectivity index (χ4v) is 2.64. The number of carbonyl (C=O) groups excluding carboxylic acids is 1. The zero-order valence-electron chi connectivity index (χ0n) is 13.4. The molecule has 2 aromatic heterocycles. The number of aromatic nitrogens is 4. The van der Waals surface area contributed by atoms with E-state index in [-0.39, 0.29) is 18.2 Å². The molecule has 0 saturated carbocycles. The number of urea groups is 1. The van der Waals surface area contributed by atoms with Gasteiger partial charge in [0.25, 0.3) is 0 Å². The molecule has 3 heterocycles. The van der Waals surface area contributed by atoms with Crippen LogP contribution in [0.15, 0.2) is 24.8 Å². The first-order chi connectivity index (χ1) is 11.1. The first kappa shape index (κ1) is 15.5. The molecule has 8 nitrogen and oxygen atoms in total. The minimum atomic E-state index is -0.266. The highest BCUT2D eigenvalue weighted by atomic mass is 16.5. The van der Waals surface area contributed by atoms with Gasteiger partial charge in [0.05, 0.1) is 36.8 Å². The van der Waals surface area contributed by atoms with E-state index in [1.165, 1.54) is 0 Å². The molecule has 2 aromatic rings. The summed E-state index contributed by atoms with van der Waals surface area (Å²) in [5.41, 5.74) is 1.62. The minimum Gasteiger partial charge on any atom is -0.376 e. The SMILES string of the molecule is C[C@H](NC(=O)Nc1cnn(C[C@H]2CCCO2)c1)c1cnn(C)c1. The van der Waals surface area contributed by atoms with Crippen LogP contribution in [0, 0.1) is 0 Å². The van der Waals surface area contributed by atoms with Crippen molar-refractivity contribution >= 4 is 11.7 Å². The van der Waals surface area contributed by atoms with E-state index in [0.29, 0.717) is 5.69 Å². The molecule has 0 radical (unpaired) electrons. The number of ether oxygens (including phenoxy) is 1. The van der Waals surface area contributed by atoms with Gasteiger partial charge in [-0.3, -0.25) is 9.36 Å². The molecule has 2 N–H and O–H groups in total. The second-order valence-electron chi connectivity index (χ2n) is 5.85. The molecule has 2 atom stereocenters. The topological polar surface area (TPSA) is 86.0 Å². The zero-order chi connectivity index (χ0) is 16.2. The summed E-state index contributed by atoms with van der Waals surface area (Å²) in [5.74, 6) is 0. The summed E-state index contributed by atoms with van der Waals surface area (Å²) < 4.78 is 9.09. The van der Waals surface area contributed by atoms with Gasteiger partial charge in [-0.2, -0.15) is 10.2 Å². The molecule has 1 aliphatic rings. The van der Waals surface area contributed by atoms with Gasteiger partial charge in [-0.25, -0.2) is 4.79 Å². The van der Waals surface area contributed by atoms with Gasteiger partial charge in [0.1, 0.15) is 0 Å². The van der Waals surface area contributed by atoms with Gasteiger partial charge in [-0.15, -0.1) is 0 Å². The molecule has 3 rings (SSSR count). The van der Waals surface area contributed by atoms with E-state index >= 15 is 0 Å². The fraction of sp³-hybridized carbons (Fsp3) is 0.533. The van der Waals surface area contributed by atoms with Crippen molar-refractivity contribution in [3.8, 4) is 0 Å². The Balaban J connectivity index is 1.50. The maximum Gasteiger partial charge on any atom is 0.319 e. The molecule has 1 saturated heterocycles. The van der Waals surface area contributed by atoms with Gasteiger partial charge in [-0.1, -0.05) is 0 Å². The Bertz CT molecular complexity index is 658. The molecule has 124 valence electrons. The second kappa shape index (κ2) is 6.82. The number of nitrogens with zero attached hydrogens (tertiary/aromatic N) is 4.